The van der Waals surface area contributed by atoms with Crippen LogP contribution in [0.15, 0.2) is 36.7 Å². The predicted octanol–water partition coefficient (Wildman–Crippen LogP) is 4.75. The van der Waals surface area contributed by atoms with Crippen molar-refractivity contribution in [2.24, 2.45) is 17.8 Å². The van der Waals surface area contributed by atoms with E-state index in [4.69, 9.17) is 4.98 Å². The lowest BCUT2D eigenvalue weighted by molar-refractivity contribution is -0.148. The highest BCUT2D eigenvalue weighted by Crippen LogP contribution is 2.46. The lowest BCUT2D eigenvalue weighted by Gasteiger charge is -2.47. The second kappa shape index (κ2) is 7.47. The molecule has 9 heteroatoms. The monoisotopic (exact) mass is 449 g/mol. The number of carboxylic acids is 1. The average molecular weight is 449 g/mol. The Hall–Kier alpha value is -3.62. The Morgan fingerprint density at radius 1 is 1.09 bits per heavy atom. The van der Waals surface area contributed by atoms with Crippen molar-refractivity contribution in [3.8, 4) is 11.4 Å². The van der Waals surface area contributed by atoms with Crippen molar-refractivity contribution in [1.82, 2.24) is 19.9 Å². The number of halogens is 2. The highest BCUT2D eigenvalue weighted by Gasteiger charge is 2.47. The molecule has 7 nitrogen and oxygen atoms in total. The molecule has 3 N–H and O–H groups in total. The molecule has 0 radical (unpaired) electrons. The van der Waals surface area contributed by atoms with Crippen molar-refractivity contribution in [3.05, 3.63) is 48.3 Å². The summed E-state index contributed by atoms with van der Waals surface area (Å²) in [7, 11) is 0. The van der Waals surface area contributed by atoms with Gasteiger partial charge in [0.2, 0.25) is 0 Å². The van der Waals surface area contributed by atoms with Gasteiger partial charge in [0.25, 0.3) is 0 Å². The predicted molar refractivity (Wildman–Crippen MR) is 119 cm³/mol. The van der Waals surface area contributed by atoms with Crippen LogP contribution < -0.4 is 5.32 Å². The maximum absolute atomic E-state index is 14.2. The summed E-state index contributed by atoms with van der Waals surface area (Å²) < 4.78 is 28.2. The second-order valence-corrected chi connectivity index (χ2v) is 8.99. The van der Waals surface area contributed by atoms with Crippen molar-refractivity contribution in [2.45, 2.75) is 31.7 Å². The normalized spacial score (nSPS) is 24.4. The number of benzene rings is 1. The zero-order valence-electron chi connectivity index (χ0n) is 17.6. The van der Waals surface area contributed by atoms with E-state index in [2.05, 4.69) is 20.3 Å². The van der Waals surface area contributed by atoms with Gasteiger partial charge < -0.3 is 15.4 Å². The van der Waals surface area contributed by atoms with Gasteiger partial charge in [0.15, 0.2) is 11.5 Å². The molecule has 3 heterocycles. The Kier molecular flexibility index (Phi) is 4.53. The molecule has 3 saturated carbocycles. The lowest BCUT2D eigenvalue weighted by Crippen LogP contribution is -2.51. The molecule has 3 fully saturated rings. The number of aliphatic carboxylic acids is 1. The molecule has 0 unspecified atom stereocenters. The summed E-state index contributed by atoms with van der Waals surface area (Å²) in [5.74, 6) is -1.53. The van der Waals surface area contributed by atoms with Crippen molar-refractivity contribution in [3.63, 3.8) is 0 Å². The van der Waals surface area contributed by atoms with Crippen LogP contribution >= 0.6 is 0 Å². The van der Waals surface area contributed by atoms with Gasteiger partial charge in [0, 0.05) is 35.5 Å². The summed E-state index contributed by atoms with van der Waals surface area (Å²) in [6.07, 6.45) is 7.00. The molecule has 1 aromatic carbocycles. The first kappa shape index (κ1) is 20.0. The topological polar surface area (TPSA) is 104 Å². The number of hydrogen-bond acceptors (Lipinski definition) is 5. The van der Waals surface area contributed by atoms with E-state index in [0.29, 0.717) is 27.8 Å². The number of aromatic nitrogens is 4. The van der Waals surface area contributed by atoms with Crippen LogP contribution in [0.2, 0.25) is 0 Å². The standard InChI is InChI=1S/C24H21F2N5O2/c25-13-8-15-16(10-28-20(15)17(26)9-13)23-30-21-14(2-1-7-27-21)22(31-23)29-19-12-5-3-11(4-6-12)18(19)24(32)33/h1-2,7-12,18-19,28H,3-6H2,(H,32,33)(H,27,29,30,31)/t11?,12?,18-,19-/m0/s1. The minimum absolute atomic E-state index is 0.148. The van der Waals surface area contributed by atoms with Gasteiger partial charge in [-0.2, -0.15) is 0 Å². The van der Waals surface area contributed by atoms with E-state index in [9.17, 15) is 18.7 Å². The first-order chi connectivity index (χ1) is 16.0. The molecule has 0 saturated heterocycles. The third-order valence-corrected chi connectivity index (χ3v) is 7.23. The fourth-order valence-electron chi connectivity index (χ4n) is 5.70. The third-order valence-electron chi connectivity index (χ3n) is 7.23. The van der Waals surface area contributed by atoms with Gasteiger partial charge in [-0.3, -0.25) is 4.79 Å². The Bertz CT molecular complexity index is 1400. The number of nitrogens with one attached hydrogen (secondary N) is 2. The van der Waals surface area contributed by atoms with Crippen LogP contribution in [0.1, 0.15) is 25.7 Å². The second-order valence-electron chi connectivity index (χ2n) is 8.99. The van der Waals surface area contributed by atoms with Crippen LogP contribution in [-0.2, 0) is 4.79 Å². The minimum Gasteiger partial charge on any atom is -0.481 e. The van der Waals surface area contributed by atoms with E-state index in [1.807, 2.05) is 6.07 Å². The summed E-state index contributed by atoms with van der Waals surface area (Å²) in [5, 5.41) is 14.4. The van der Waals surface area contributed by atoms with E-state index in [0.717, 1.165) is 31.7 Å². The summed E-state index contributed by atoms with van der Waals surface area (Å²) in [4.78, 5) is 28.5. The molecule has 3 aliphatic rings. The van der Waals surface area contributed by atoms with E-state index >= 15 is 0 Å². The fraction of sp³-hybridized carbons (Fsp3) is 0.333. The van der Waals surface area contributed by atoms with Crippen molar-refractivity contribution in [1.29, 1.82) is 0 Å². The smallest absolute Gasteiger partial charge is 0.308 e. The van der Waals surface area contributed by atoms with E-state index in [1.54, 1.807) is 18.5 Å². The molecule has 0 amide bonds. The van der Waals surface area contributed by atoms with Gasteiger partial charge in [-0.25, -0.2) is 23.7 Å². The number of anilines is 1. The molecule has 2 atom stereocenters. The number of hydrogen-bond donors (Lipinski definition) is 3. The van der Waals surface area contributed by atoms with Crippen LogP contribution in [0.4, 0.5) is 14.6 Å². The fourth-order valence-corrected chi connectivity index (χ4v) is 5.70. The maximum atomic E-state index is 14.2. The van der Waals surface area contributed by atoms with Gasteiger partial charge in [-0.05, 0) is 55.7 Å². The largest absolute Gasteiger partial charge is 0.481 e. The number of nitrogens with zero attached hydrogens (tertiary/aromatic N) is 3. The molecule has 3 aromatic heterocycles. The highest BCUT2D eigenvalue weighted by molar-refractivity contribution is 5.96. The summed E-state index contributed by atoms with van der Waals surface area (Å²) >= 11 is 0. The van der Waals surface area contributed by atoms with Gasteiger partial charge in [0.05, 0.1) is 16.8 Å². The summed E-state index contributed by atoms with van der Waals surface area (Å²) in [5.41, 5.74) is 1.03. The van der Waals surface area contributed by atoms with Crippen LogP contribution in [-0.4, -0.2) is 37.1 Å². The number of fused-ring (bicyclic) bond motifs is 5. The number of carbonyl (C=O) groups is 1. The lowest BCUT2D eigenvalue weighted by atomic mass is 9.61. The minimum atomic E-state index is -0.791. The maximum Gasteiger partial charge on any atom is 0.308 e. The van der Waals surface area contributed by atoms with Crippen molar-refractivity contribution < 1.29 is 18.7 Å². The molecule has 3 aliphatic carbocycles. The SMILES string of the molecule is O=C(O)[C@H]1C2CCC(CC2)[C@@H]1Nc1nc(-c2c[nH]c3c(F)cc(F)cc23)nc2ncccc12. The number of aromatic amines is 1. The Labute approximate surface area is 187 Å². The Morgan fingerprint density at radius 3 is 2.67 bits per heavy atom. The van der Waals surface area contributed by atoms with E-state index in [-0.39, 0.29) is 29.2 Å². The first-order valence-electron chi connectivity index (χ1n) is 11.1. The number of pyridine rings is 1. The Balaban J connectivity index is 1.49. The zero-order chi connectivity index (χ0) is 22.7. The number of carboxylic acid groups (broad SMARTS) is 1. The summed E-state index contributed by atoms with van der Waals surface area (Å²) in [6.45, 7) is 0. The van der Waals surface area contributed by atoms with Gasteiger partial charge in [0.1, 0.15) is 17.5 Å². The third kappa shape index (κ3) is 3.21. The van der Waals surface area contributed by atoms with Gasteiger partial charge >= 0.3 is 5.97 Å². The molecule has 4 aromatic rings. The molecule has 0 spiro atoms. The van der Waals surface area contributed by atoms with Gasteiger partial charge in [-0.15, -0.1) is 0 Å². The number of rotatable bonds is 4. The van der Waals surface area contributed by atoms with Gasteiger partial charge in [-0.1, -0.05) is 0 Å². The zero-order valence-corrected chi connectivity index (χ0v) is 17.6. The van der Waals surface area contributed by atoms with Crippen LogP contribution in [0.25, 0.3) is 33.3 Å². The molecule has 7 rings (SSSR count). The van der Waals surface area contributed by atoms with Crippen molar-refractivity contribution in [2.75, 3.05) is 5.32 Å². The Morgan fingerprint density at radius 2 is 1.88 bits per heavy atom. The molecule has 33 heavy (non-hydrogen) atoms. The van der Waals surface area contributed by atoms with Crippen LogP contribution in [0.5, 0.6) is 0 Å². The molecule has 0 aliphatic heterocycles. The molecule has 168 valence electrons. The average Bonchev–Trinajstić information content (AvgIpc) is 3.23. The van der Waals surface area contributed by atoms with Crippen LogP contribution in [0.3, 0.4) is 0 Å². The molecular weight excluding hydrogens is 428 g/mol. The van der Waals surface area contributed by atoms with Crippen molar-refractivity contribution >= 4 is 33.7 Å². The van der Waals surface area contributed by atoms with E-state index < -0.39 is 23.5 Å². The summed E-state index contributed by atoms with van der Waals surface area (Å²) in [6, 6.07) is 5.42. The first-order valence-corrected chi connectivity index (χ1v) is 11.1. The molecular formula is C24H21F2N5O2. The number of H-pyrrole nitrogens is 1. The highest BCUT2D eigenvalue weighted by atomic mass is 19.1. The quantitative estimate of drug-likeness (QED) is 0.415. The van der Waals surface area contributed by atoms with Crippen LogP contribution in [0, 0.1) is 29.4 Å². The van der Waals surface area contributed by atoms with E-state index in [1.165, 1.54) is 6.07 Å². The molecule has 2 bridgehead atoms.